The number of alkyl halides is 2. The number of hydrogen-bond donors (Lipinski definition) is 6. The van der Waals surface area contributed by atoms with Crippen LogP contribution in [0.2, 0.25) is 0 Å². The van der Waals surface area contributed by atoms with E-state index >= 15 is 8.78 Å². The summed E-state index contributed by atoms with van der Waals surface area (Å²) in [4.78, 5) is 25.1. The molecule has 5 N–H and O–H groups in total. The molecule has 0 radical (unpaired) electrons. The molecule has 0 amide bonds. The van der Waals surface area contributed by atoms with E-state index in [-0.39, 0.29) is 41.8 Å². The average Bonchev–Trinajstić information content (AvgIpc) is 3.83. The van der Waals surface area contributed by atoms with Gasteiger partial charge in [0.15, 0.2) is 65.2 Å². The summed E-state index contributed by atoms with van der Waals surface area (Å²) < 4.78 is 83.0. The quantitative estimate of drug-likeness (QED) is 0.0611. The van der Waals surface area contributed by atoms with E-state index in [1.54, 1.807) is 12.2 Å². The van der Waals surface area contributed by atoms with Gasteiger partial charge in [0.2, 0.25) is 11.8 Å². The molecule has 2 saturated heterocycles. The zero-order valence-corrected chi connectivity index (χ0v) is 28.4. The summed E-state index contributed by atoms with van der Waals surface area (Å²) in [6, 6.07) is 0. The maximum Gasteiger partial charge on any atom is 0.582 e. The molecule has 2 aliphatic rings. The Balaban J connectivity index is 1.09. The highest BCUT2D eigenvalue weighted by Gasteiger charge is 2.52. The number of imidazole rings is 2. The Morgan fingerprint density at radius 2 is 1.49 bits per heavy atom. The molecule has 49 heavy (non-hydrogen) atoms. The lowest BCUT2D eigenvalue weighted by Crippen LogP contribution is -2.31. The minimum absolute atomic E-state index is 0.0119. The molecule has 6 rings (SSSR count). The topological polar surface area (TPSA) is 246 Å². The van der Waals surface area contributed by atoms with Crippen LogP contribution in [0.25, 0.3) is 22.3 Å². The monoisotopic (exact) mass is 764 g/mol. The molecule has 2 aliphatic heterocycles. The van der Waals surface area contributed by atoms with Gasteiger partial charge in [0, 0.05) is 6.54 Å². The first-order chi connectivity index (χ1) is 23.6. The van der Waals surface area contributed by atoms with Crippen molar-refractivity contribution in [1.82, 2.24) is 39.0 Å². The van der Waals surface area contributed by atoms with Crippen LogP contribution in [0.4, 0.5) is 20.5 Å². The number of nitrogens with one attached hydrogen (secondary N) is 1. The lowest BCUT2D eigenvalue weighted by Gasteiger charge is -2.15. The second kappa shape index (κ2) is 15.3. The number of nitrogens with two attached hydrogens (primary N) is 1. The fraction of sp³-hybridized carbons (Fsp3) is 0.500. The smallest absolute Gasteiger partial charge is 0.472 e. The highest BCUT2D eigenvalue weighted by molar-refractivity contribution is 8.39. The molecule has 0 aromatic carbocycles. The third-order valence-electron chi connectivity index (χ3n) is 7.50. The lowest BCUT2D eigenvalue weighted by atomic mass is 10.1. The predicted molar refractivity (Wildman–Crippen MR) is 173 cm³/mol. The highest BCUT2D eigenvalue weighted by atomic mass is 32.7. The van der Waals surface area contributed by atoms with Crippen molar-refractivity contribution < 1.29 is 51.4 Å². The van der Waals surface area contributed by atoms with Crippen molar-refractivity contribution in [2.24, 2.45) is 0 Å². The van der Waals surface area contributed by atoms with Crippen molar-refractivity contribution >= 4 is 73.1 Å². The molecule has 0 bridgehead atoms. The second-order valence-electron chi connectivity index (χ2n) is 10.4. The number of aliphatic hydroxyl groups excluding tert-OH is 2. The van der Waals surface area contributed by atoms with E-state index in [0.717, 1.165) is 0 Å². The van der Waals surface area contributed by atoms with Gasteiger partial charge in [-0.25, -0.2) is 28.7 Å². The second-order valence-corrected chi connectivity index (χ2v) is 13.8. The van der Waals surface area contributed by atoms with E-state index in [1.807, 2.05) is 0 Å². The number of halogens is 2. The van der Waals surface area contributed by atoms with Crippen molar-refractivity contribution in [1.29, 1.82) is 0 Å². The first kappa shape index (κ1) is 35.6. The van der Waals surface area contributed by atoms with Gasteiger partial charge in [-0.1, -0.05) is 6.08 Å². The largest absolute Gasteiger partial charge is 0.582 e. The van der Waals surface area contributed by atoms with Crippen molar-refractivity contribution in [2.75, 3.05) is 37.4 Å². The van der Waals surface area contributed by atoms with Crippen LogP contribution in [0, 0.1) is 0 Å². The first-order valence-electron chi connectivity index (χ1n) is 14.3. The van der Waals surface area contributed by atoms with Gasteiger partial charge in [-0.3, -0.25) is 9.13 Å². The summed E-state index contributed by atoms with van der Waals surface area (Å²) in [6.45, 7) is -0.893. The van der Waals surface area contributed by atoms with Crippen LogP contribution in [0.1, 0.15) is 12.5 Å². The maximum atomic E-state index is 15.3. The minimum Gasteiger partial charge on any atom is -0.472 e. The first-order valence-corrected chi connectivity index (χ1v) is 18.9. The molecule has 0 spiro atoms. The van der Waals surface area contributed by atoms with Crippen LogP contribution in [0.3, 0.4) is 0 Å². The van der Waals surface area contributed by atoms with E-state index in [9.17, 15) is 19.3 Å². The van der Waals surface area contributed by atoms with Gasteiger partial charge in [-0.05, 0) is 15.2 Å². The predicted octanol–water partition coefficient (Wildman–Crippen LogP) is 2.00. The highest BCUT2D eigenvalue weighted by Crippen LogP contribution is 2.43. The SMILES string of the molecule is Nc1nc(OC/C=C/CNc2ncnc3c2ncn3C2O[C@H](CO)[C@@H](O[P+](=O)S)[C@H]2F)c2ncn([C@@H]3O[C@H](CO)[C@@H](O[P+](=O)S)[C@H]3F)c2n1. The van der Waals surface area contributed by atoms with Crippen molar-refractivity contribution in [3.8, 4) is 5.88 Å². The van der Waals surface area contributed by atoms with Crippen LogP contribution in [-0.2, 0) is 27.7 Å². The molecule has 10 atom stereocenters. The summed E-state index contributed by atoms with van der Waals surface area (Å²) in [5, 5.41) is 22.3. The van der Waals surface area contributed by atoms with E-state index in [2.05, 4.69) is 59.7 Å². The number of fused-ring (bicyclic) bond motifs is 2. The van der Waals surface area contributed by atoms with Gasteiger partial charge in [0.25, 0.3) is 0 Å². The molecule has 6 heterocycles. The maximum absolute atomic E-state index is 15.3. The Labute approximate surface area is 286 Å². The molecule has 262 valence electrons. The van der Waals surface area contributed by atoms with Gasteiger partial charge in [-0.15, -0.1) is 9.05 Å². The van der Waals surface area contributed by atoms with Crippen molar-refractivity contribution in [3.05, 3.63) is 31.1 Å². The van der Waals surface area contributed by atoms with Crippen LogP contribution in [0.5, 0.6) is 5.88 Å². The molecule has 4 aromatic heterocycles. The lowest BCUT2D eigenvalue weighted by molar-refractivity contribution is -0.0427. The average molecular weight is 765 g/mol. The molecular formula is C24H28F2N10O9P2S2+2. The third kappa shape index (κ3) is 7.32. The number of hydrogen-bond acceptors (Lipinski definition) is 17. The summed E-state index contributed by atoms with van der Waals surface area (Å²) in [6.07, 6.45) is -3.90. The van der Waals surface area contributed by atoms with Crippen molar-refractivity contribution in [2.45, 2.75) is 49.2 Å². The van der Waals surface area contributed by atoms with E-state index < -0.39 is 76.9 Å². The third-order valence-corrected chi connectivity index (χ3v) is 8.91. The molecule has 0 saturated carbocycles. The van der Waals surface area contributed by atoms with E-state index in [1.165, 1.54) is 28.1 Å². The van der Waals surface area contributed by atoms with E-state index in [4.69, 9.17) is 29.0 Å². The number of ether oxygens (including phenoxy) is 3. The molecule has 2 fully saturated rings. The number of anilines is 2. The number of thiol groups is 2. The minimum atomic E-state index is -2.47. The zero-order valence-electron chi connectivity index (χ0n) is 24.8. The van der Waals surface area contributed by atoms with Crippen LogP contribution in [0.15, 0.2) is 31.1 Å². The Bertz CT molecular complexity index is 1880. The van der Waals surface area contributed by atoms with Crippen LogP contribution in [-0.4, -0.2) is 112 Å². The number of aromatic nitrogens is 8. The molecule has 0 aliphatic carbocycles. The molecule has 4 aromatic rings. The van der Waals surface area contributed by atoms with Crippen molar-refractivity contribution in [3.63, 3.8) is 0 Å². The van der Waals surface area contributed by atoms with Gasteiger partial charge >= 0.3 is 14.5 Å². The normalized spacial score (nSPS) is 27.8. The number of aliphatic hydroxyl groups is 2. The van der Waals surface area contributed by atoms with Crippen LogP contribution >= 0.6 is 39.0 Å². The fourth-order valence-corrected chi connectivity index (χ4v) is 6.96. The Kier molecular flexibility index (Phi) is 11.1. The summed E-state index contributed by atoms with van der Waals surface area (Å²) in [5.74, 6) is 0.161. The zero-order chi connectivity index (χ0) is 34.8. The Morgan fingerprint density at radius 3 is 2.08 bits per heavy atom. The summed E-state index contributed by atoms with van der Waals surface area (Å²) >= 11 is 7.33. The molecule has 19 nitrogen and oxygen atoms in total. The summed E-state index contributed by atoms with van der Waals surface area (Å²) in [5.41, 5.74) is 6.69. The Hall–Kier alpha value is -3.24. The molecule has 3 unspecified atom stereocenters. The Morgan fingerprint density at radius 1 is 0.898 bits per heavy atom. The van der Waals surface area contributed by atoms with E-state index in [0.29, 0.717) is 11.3 Å². The molecule has 25 heteroatoms. The van der Waals surface area contributed by atoms with Gasteiger partial charge in [-0.2, -0.15) is 9.97 Å². The number of rotatable bonds is 14. The van der Waals surface area contributed by atoms with Gasteiger partial charge < -0.3 is 35.5 Å². The van der Waals surface area contributed by atoms with Crippen LogP contribution < -0.4 is 15.8 Å². The van der Waals surface area contributed by atoms with Gasteiger partial charge in [0.1, 0.15) is 49.6 Å². The fourth-order valence-electron chi connectivity index (χ4n) is 5.39. The standard InChI is InChI=1S/C24H26F2N10O9P2S2/c25-12-16(44-46(39)48)10(5-37)42-22(12)35-8-31-14-18(29-7-30-19(14)35)28-3-1-2-4-41-21-15-20(33-24(27)34-21)36(9-32-15)23-13(26)17(45-47(40)49)11(6-38)43-23/h1-2,7-13,16-17,22-23,37-38H,3-6H2,(H3-2,27,28,29,30,33,34,39,40,48,49)/p+2/b2-1+/t10-,11-,12-,13-,16-,17-,22?,23-/m1/s1. The number of nitrogen functional groups attached to an aromatic ring is 1. The summed E-state index contributed by atoms with van der Waals surface area (Å²) in [7, 11) is -4.91. The van der Waals surface area contributed by atoms with Gasteiger partial charge in [0.05, 0.1) is 25.9 Å². The molecular weight excluding hydrogens is 736 g/mol. The number of nitrogens with zero attached hydrogens (tertiary/aromatic N) is 8.